The molecule has 0 saturated carbocycles. The van der Waals surface area contributed by atoms with E-state index in [2.05, 4.69) is 15.2 Å². The fraction of sp³-hybridized carbons (Fsp3) is 0.0833. The van der Waals surface area contributed by atoms with Crippen LogP contribution in [0.4, 0.5) is 5.82 Å². The molecule has 0 radical (unpaired) electrons. The quantitative estimate of drug-likeness (QED) is 0.738. The van der Waals surface area contributed by atoms with E-state index in [0.717, 1.165) is 5.56 Å². The van der Waals surface area contributed by atoms with Crippen LogP contribution in [0.1, 0.15) is 0 Å². The van der Waals surface area contributed by atoms with Gasteiger partial charge < -0.3 is 10.3 Å². The molecule has 2 N–H and O–H groups in total. The molecular weight excluding hydrogens is 230 g/mol. The van der Waals surface area contributed by atoms with Gasteiger partial charge in [0.25, 0.3) is 5.89 Å². The Balaban J connectivity index is 2.02. The van der Waals surface area contributed by atoms with Crippen molar-refractivity contribution >= 4 is 5.82 Å². The van der Waals surface area contributed by atoms with Crippen molar-refractivity contribution in [3.8, 4) is 22.8 Å². The Kier molecular flexibility index (Phi) is 2.33. The van der Waals surface area contributed by atoms with E-state index in [9.17, 15) is 0 Å². The van der Waals surface area contributed by atoms with Gasteiger partial charge in [-0.2, -0.15) is 10.1 Å². The summed E-state index contributed by atoms with van der Waals surface area (Å²) in [4.78, 5) is 4.31. The van der Waals surface area contributed by atoms with Crippen LogP contribution >= 0.6 is 0 Å². The van der Waals surface area contributed by atoms with Gasteiger partial charge in [0.2, 0.25) is 5.82 Å². The highest BCUT2D eigenvalue weighted by molar-refractivity contribution is 5.68. The molecule has 0 bridgehead atoms. The average Bonchev–Trinajstić information content (AvgIpc) is 3.00. The van der Waals surface area contributed by atoms with Crippen molar-refractivity contribution < 1.29 is 4.52 Å². The maximum atomic E-state index is 5.86. The second kappa shape index (κ2) is 3.99. The minimum absolute atomic E-state index is 0.374. The molecule has 1 aromatic carbocycles. The Morgan fingerprint density at radius 1 is 1.22 bits per heavy atom. The Bertz CT molecular complexity index is 671. The van der Waals surface area contributed by atoms with Crippen LogP contribution in [0.25, 0.3) is 22.8 Å². The van der Waals surface area contributed by atoms with E-state index >= 15 is 0 Å². The SMILES string of the molecule is Cn1ncc(-c2nc(-c3ccccc3)no2)c1N. The number of hydrogen-bond donors (Lipinski definition) is 1. The monoisotopic (exact) mass is 241 g/mol. The molecule has 18 heavy (non-hydrogen) atoms. The lowest BCUT2D eigenvalue weighted by Gasteiger charge is -1.93. The van der Waals surface area contributed by atoms with Gasteiger partial charge in [-0.15, -0.1) is 0 Å². The Morgan fingerprint density at radius 2 is 2.00 bits per heavy atom. The lowest BCUT2D eigenvalue weighted by atomic mass is 10.2. The Labute approximate surface area is 103 Å². The minimum atomic E-state index is 0.374. The molecule has 0 fully saturated rings. The summed E-state index contributed by atoms with van der Waals surface area (Å²) in [6.07, 6.45) is 1.61. The number of hydrogen-bond acceptors (Lipinski definition) is 5. The molecule has 0 spiro atoms. The summed E-state index contributed by atoms with van der Waals surface area (Å²) in [5.41, 5.74) is 7.40. The molecule has 0 amide bonds. The van der Waals surface area contributed by atoms with Crippen LogP contribution in [0.15, 0.2) is 41.1 Å². The van der Waals surface area contributed by atoms with Crippen molar-refractivity contribution in [3.63, 3.8) is 0 Å². The van der Waals surface area contributed by atoms with Gasteiger partial charge in [-0.05, 0) is 0 Å². The Morgan fingerprint density at radius 3 is 2.67 bits per heavy atom. The maximum absolute atomic E-state index is 5.86. The number of rotatable bonds is 2. The first-order valence-electron chi connectivity index (χ1n) is 5.42. The lowest BCUT2D eigenvalue weighted by molar-refractivity contribution is 0.432. The highest BCUT2D eigenvalue weighted by atomic mass is 16.5. The third kappa shape index (κ3) is 1.64. The van der Waals surface area contributed by atoms with E-state index in [-0.39, 0.29) is 0 Å². The average molecular weight is 241 g/mol. The molecule has 3 rings (SSSR count). The molecule has 6 nitrogen and oxygen atoms in total. The van der Waals surface area contributed by atoms with Crippen LogP contribution in [0.5, 0.6) is 0 Å². The van der Waals surface area contributed by atoms with E-state index < -0.39 is 0 Å². The van der Waals surface area contributed by atoms with Crippen molar-refractivity contribution in [2.75, 3.05) is 5.73 Å². The molecule has 0 aliphatic carbocycles. The van der Waals surface area contributed by atoms with Gasteiger partial charge in [-0.3, -0.25) is 4.68 Å². The van der Waals surface area contributed by atoms with E-state index in [0.29, 0.717) is 23.1 Å². The fourth-order valence-corrected chi connectivity index (χ4v) is 1.65. The third-order valence-corrected chi connectivity index (χ3v) is 2.67. The van der Waals surface area contributed by atoms with Gasteiger partial charge in [0.05, 0.1) is 6.20 Å². The molecule has 0 aliphatic heterocycles. The van der Waals surface area contributed by atoms with Crippen LogP contribution in [0.2, 0.25) is 0 Å². The number of nitrogen functional groups attached to an aromatic ring is 1. The summed E-state index contributed by atoms with van der Waals surface area (Å²) < 4.78 is 6.76. The summed E-state index contributed by atoms with van der Waals surface area (Å²) in [7, 11) is 1.76. The zero-order chi connectivity index (χ0) is 12.5. The Hall–Kier alpha value is -2.63. The topological polar surface area (TPSA) is 82.8 Å². The normalized spacial score (nSPS) is 10.7. The number of aryl methyl sites for hydroxylation is 1. The number of nitrogens with zero attached hydrogens (tertiary/aromatic N) is 4. The van der Waals surface area contributed by atoms with Gasteiger partial charge in [0.1, 0.15) is 11.4 Å². The first kappa shape index (κ1) is 10.5. The van der Waals surface area contributed by atoms with Crippen molar-refractivity contribution in [2.24, 2.45) is 7.05 Å². The summed E-state index contributed by atoms with van der Waals surface area (Å²) in [6.45, 7) is 0. The molecule has 0 atom stereocenters. The van der Waals surface area contributed by atoms with Crippen LogP contribution < -0.4 is 5.73 Å². The molecule has 0 saturated heterocycles. The molecule has 2 aromatic heterocycles. The van der Waals surface area contributed by atoms with Crippen molar-refractivity contribution in [2.45, 2.75) is 0 Å². The van der Waals surface area contributed by atoms with E-state index in [1.165, 1.54) is 0 Å². The van der Waals surface area contributed by atoms with Crippen LogP contribution in [-0.4, -0.2) is 19.9 Å². The number of nitrogens with two attached hydrogens (primary N) is 1. The smallest absolute Gasteiger partial charge is 0.263 e. The van der Waals surface area contributed by atoms with Gasteiger partial charge in [-0.25, -0.2) is 0 Å². The van der Waals surface area contributed by atoms with E-state index in [1.807, 2.05) is 30.3 Å². The number of aromatic nitrogens is 4. The van der Waals surface area contributed by atoms with E-state index in [1.54, 1.807) is 17.9 Å². The fourth-order valence-electron chi connectivity index (χ4n) is 1.65. The van der Waals surface area contributed by atoms with Gasteiger partial charge in [0.15, 0.2) is 0 Å². The van der Waals surface area contributed by atoms with Gasteiger partial charge in [-0.1, -0.05) is 35.5 Å². The minimum Gasteiger partial charge on any atom is -0.383 e. The largest absolute Gasteiger partial charge is 0.383 e. The molecule has 90 valence electrons. The van der Waals surface area contributed by atoms with Crippen molar-refractivity contribution in [1.29, 1.82) is 0 Å². The predicted molar refractivity (Wildman–Crippen MR) is 66.3 cm³/mol. The lowest BCUT2D eigenvalue weighted by Crippen LogP contribution is -1.98. The molecule has 0 aliphatic rings. The standard InChI is InChI=1S/C12H11N5O/c1-17-10(13)9(7-14-17)12-15-11(16-18-12)8-5-3-2-4-6-8/h2-7H,13H2,1H3. The van der Waals surface area contributed by atoms with Crippen LogP contribution in [-0.2, 0) is 7.05 Å². The zero-order valence-corrected chi connectivity index (χ0v) is 9.74. The highest BCUT2D eigenvalue weighted by Gasteiger charge is 2.15. The van der Waals surface area contributed by atoms with Crippen molar-refractivity contribution in [3.05, 3.63) is 36.5 Å². The van der Waals surface area contributed by atoms with Gasteiger partial charge >= 0.3 is 0 Å². The number of anilines is 1. The molecule has 6 heteroatoms. The highest BCUT2D eigenvalue weighted by Crippen LogP contribution is 2.25. The van der Waals surface area contributed by atoms with E-state index in [4.69, 9.17) is 10.3 Å². The first-order chi connectivity index (χ1) is 8.75. The molecular formula is C12H11N5O. The summed E-state index contributed by atoms with van der Waals surface area (Å²) in [6, 6.07) is 9.61. The van der Waals surface area contributed by atoms with Crippen LogP contribution in [0.3, 0.4) is 0 Å². The second-order valence-electron chi connectivity index (χ2n) is 3.86. The summed E-state index contributed by atoms with van der Waals surface area (Å²) in [5, 5.41) is 7.97. The predicted octanol–water partition coefficient (Wildman–Crippen LogP) is 1.72. The third-order valence-electron chi connectivity index (χ3n) is 2.67. The maximum Gasteiger partial charge on any atom is 0.263 e. The first-order valence-corrected chi connectivity index (χ1v) is 5.42. The van der Waals surface area contributed by atoms with Crippen LogP contribution in [0, 0.1) is 0 Å². The summed E-state index contributed by atoms with van der Waals surface area (Å²) >= 11 is 0. The number of benzene rings is 1. The molecule has 3 aromatic rings. The van der Waals surface area contributed by atoms with Gasteiger partial charge in [0, 0.05) is 12.6 Å². The second-order valence-corrected chi connectivity index (χ2v) is 3.86. The molecule has 2 heterocycles. The van der Waals surface area contributed by atoms with Crippen molar-refractivity contribution in [1.82, 2.24) is 19.9 Å². The zero-order valence-electron chi connectivity index (χ0n) is 9.74. The molecule has 0 unspecified atom stereocenters. The summed E-state index contributed by atoms with van der Waals surface area (Å²) in [5.74, 6) is 1.41.